The standard InChI is InChI=1S/C15H22N2O4S/c1-12-5-7-13(8-6-12)21-11-9-16-15(18)14-4-3-10-17(14)22(2,19)20/h5-8,14H,3-4,9-11H2,1-2H3,(H,16,18)/t14-/m1/s1. The van der Waals surface area contributed by atoms with Gasteiger partial charge in [0.25, 0.3) is 0 Å². The maximum atomic E-state index is 12.1. The topological polar surface area (TPSA) is 75.7 Å². The summed E-state index contributed by atoms with van der Waals surface area (Å²) in [5, 5.41) is 2.74. The number of aryl methyl sites for hydroxylation is 1. The van der Waals surface area contributed by atoms with Crippen LogP contribution < -0.4 is 10.1 Å². The van der Waals surface area contributed by atoms with Gasteiger partial charge in [0.2, 0.25) is 15.9 Å². The van der Waals surface area contributed by atoms with Crippen molar-refractivity contribution in [3.05, 3.63) is 29.8 Å². The summed E-state index contributed by atoms with van der Waals surface area (Å²) < 4.78 is 30.0. The van der Waals surface area contributed by atoms with Crippen molar-refractivity contribution in [2.75, 3.05) is 26.0 Å². The molecule has 0 bridgehead atoms. The van der Waals surface area contributed by atoms with E-state index in [-0.39, 0.29) is 5.91 Å². The van der Waals surface area contributed by atoms with Gasteiger partial charge < -0.3 is 10.1 Å². The Morgan fingerprint density at radius 3 is 2.68 bits per heavy atom. The number of hydrogen-bond donors (Lipinski definition) is 1. The number of carbonyl (C=O) groups is 1. The summed E-state index contributed by atoms with van der Waals surface area (Å²) in [7, 11) is -3.33. The van der Waals surface area contributed by atoms with E-state index in [0.29, 0.717) is 32.5 Å². The van der Waals surface area contributed by atoms with Crippen molar-refractivity contribution in [3.63, 3.8) is 0 Å². The van der Waals surface area contributed by atoms with Gasteiger partial charge in [-0.05, 0) is 31.9 Å². The van der Waals surface area contributed by atoms with Crippen LogP contribution in [0.1, 0.15) is 18.4 Å². The average molecular weight is 326 g/mol. The van der Waals surface area contributed by atoms with Crippen molar-refractivity contribution in [2.24, 2.45) is 0 Å². The van der Waals surface area contributed by atoms with Crippen LogP contribution in [0.5, 0.6) is 5.75 Å². The molecule has 22 heavy (non-hydrogen) atoms. The second-order valence-electron chi connectivity index (χ2n) is 5.48. The van der Waals surface area contributed by atoms with E-state index in [9.17, 15) is 13.2 Å². The Balaban J connectivity index is 1.77. The molecule has 1 N–H and O–H groups in total. The second kappa shape index (κ2) is 7.11. The molecular weight excluding hydrogens is 304 g/mol. The van der Waals surface area contributed by atoms with Gasteiger partial charge in [0.15, 0.2) is 0 Å². The highest BCUT2D eigenvalue weighted by molar-refractivity contribution is 7.88. The third kappa shape index (κ3) is 4.45. The van der Waals surface area contributed by atoms with Gasteiger partial charge in [0, 0.05) is 6.54 Å². The van der Waals surface area contributed by atoms with Crippen LogP contribution in [0.15, 0.2) is 24.3 Å². The molecule has 6 nitrogen and oxygen atoms in total. The molecule has 1 aromatic rings. The zero-order chi connectivity index (χ0) is 16.2. The number of ether oxygens (including phenoxy) is 1. The first-order valence-electron chi connectivity index (χ1n) is 7.32. The normalized spacial score (nSPS) is 19.1. The average Bonchev–Trinajstić information content (AvgIpc) is 2.95. The Labute approximate surface area is 131 Å². The van der Waals surface area contributed by atoms with Gasteiger partial charge >= 0.3 is 0 Å². The van der Waals surface area contributed by atoms with Crippen LogP contribution in [0.2, 0.25) is 0 Å². The Hall–Kier alpha value is -1.60. The van der Waals surface area contributed by atoms with Gasteiger partial charge in [-0.3, -0.25) is 4.79 Å². The second-order valence-corrected chi connectivity index (χ2v) is 7.42. The molecule has 0 radical (unpaired) electrons. The van der Waals surface area contributed by atoms with Crippen LogP contribution in [-0.4, -0.2) is 50.6 Å². The quantitative estimate of drug-likeness (QED) is 0.789. The molecule has 0 aromatic heterocycles. The summed E-state index contributed by atoms with van der Waals surface area (Å²) in [6, 6.07) is 7.07. The van der Waals surface area contributed by atoms with Gasteiger partial charge in [-0.1, -0.05) is 17.7 Å². The zero-order valence-corrected chi connectivity index (χ0v) is 13.7. The lowest BCUT2D eigenvalue weighted by atomic mass is 10.2. The third-order valence-electron chi connectivity index (χ3n) is 3.62. The van der Waals surface area contributed by atoms with Crippen LogP contribution in [0.4, 0.5) is 0 Å². The lowest BCUT2D eigenvalue weighted by Crippen LogP contribution is -2.46. The highest BCUT2D eigenvalue weighted by Crippen LogP contribution is 2.20. The number of sulfonamides is 1. The van der Waals surface area contributed by atoms with E-state index < -0.39 is 16.1 Å². The molecule has 1 aliphatic rings. The van der Waals surface area contributed by atoms with Crippen molar-refractivity contribution < 1.29 is 17.9 Å². The number of hydrogen-bond acceptors (Lipinski definition) is 4. The molecule has 0 spiro atoms. The van der Waals surface area contributed by atoms with Gasteiger partial charge in [-0.25, -0.2) is 8.42 Å². The largest absolute Gasteiger partial charge is 0.492 e. The number of amides is 1. The van der Waals surface area contributed by atoms with Crippen LogP contribution in [-0.2, 0) is 14.8 Å². The molecule has 122 valence electrons. The van der Waals surface area contributed by atoms with E-state index >= 15 is 0 Å². The lowest BCUT2D eigenvalue weighted by Gasteiger charge is -2.21. The Bertz CT molecular complexity index is 613. The summed E-state index contributed by atoms with van der Waals surface area (Å²) in [6.45, 7) is 3.11. The zero-order valence-electron chi connectivity index (χ0n) is 12.9. The van der Waals surface area contributed by atoms with E-state index in [1.165, 1.54) is 4.31 Å². The van der Waals surface area contributed by atoms with Gasteiger partial charge in [0.1, 0.15) is 18.4 Å². The van der Waals surface area contributed by atoms with Crippen molar-refractivity contribution in [2.45, 2.75) is 25.8 Å². The molecule has 2 rings (SSSR count). The van der Waals surface area contributed by atoms with E-state index in [1.807, 2.05) is 31.2 Å². The first kappa shape index (κ1) is 16.8. The molecule has 0 saturated carbocycles. The maximum Gasteiger partial charge on any atom is 0.238 e. The van der Waals surface area contributed by atoms with Crippen LogP contribution in [0, 0.1) is 6.92 Å². The van der Waals surface area contributed by atoms with Crippen molar-refractivity contribution in [1.29, 1.82) is 0 Å². The highest BCUT2D eigenvalue weighted by Gasteiger charge is 2.36. The van der Waals surface area contributed by atoms with Gasteiger partial charge in [0.05, 0.1) is 12.8 Å². The minimum atomic E-state index is -3.33. The predicted octanol–water partition coefficient (Wildman–Crippen LogP) is 0.914. The molecule has 1 fully saturated rings. The highest BCUT2D eigenvalue weighted by atomic mass is 32.2. The van der Waals surface area contributed by atoms with Gasteiger partial charge in [-0.2, -0.15) is 4.31 Å². The molecule has 7 heteroatoms. The maximum absolute atomic E-state index is 12.1. The van der Waals surface area contributed by atoms with E-state index in [2.05, 4.69) is 5.32 Å². The Kier molecular flexibility index (Phi) is 5.42. The summed E-state index contributed by atoms with van der Waals surface area (Å²) in [5.74, 6) is 0.494. The summed E-state index contributed by atoms with van der Waals surface area (Å²) >= 11 is 0. The fourth-order valence-electron chi connectivity index (χ4n) is 2.49. The molecule has 1 aromatic carbocycles. The number of rotatable bonds is 6. The van der Waals surface area contributed by atoms with Crippen molar-refractivity contribution >= 4 is 15.9 Å². The first-order chi connectivity index (χ1) is 10.4. The summed E-state index contributed by atoms with van der Waals surface area (Å²) in [6.07, 6.45) is 2.42. The van der Waals surface area contributed by atoms with Crippen molar-refractivity contribution in [3.8, 4) is 5.75 Å². The Morgan fingerprint density at radius 2 is 2.05 bits per heavy atom. The third-order valence-corrected chi connectivity index (χ3v) is 4.91. The minimum Gasteiger partial charge on any atom is -0.492 e. The molecule has 1 heterocycles. The first-order valence-corrected chi connectivity index (χ1v) is 9.17. The predicted molar refractivity (Wildman–Crippen MR) is 84.3 cm³/mol. The molecule has 1 saturated heterocycles. The summed E-state index contributed by atoms with van der Waals surface area (Å²) in [5.41, 5.74) is 1.16. The fraction of sp³-hybridized carbons (Fsp3) is 0.533. The molecular formula is C15H22N2O4S. The van der Waals surface area contributed by atoms with Crippen LogP contribution >= 0.6 is 0 Å². The molecule has 0 unspecified atom stereocenters. The van der Waals surface area contributed by atoms with E-state index in [4.69, 9.17) is 4.74 Å². The van der Waals surface area contributed by atoms with Crippen molar-refractivity contribution in [1.82, 2.24) is 9.62 Å². The number of carbonyl (C=O) groups excluding carboxylic acids is 1. The van der Waals surface area contributed by atoms with Gasteiger partial charge in [-0.15, -0.1) is 0 Å². The number of nitrogens with one attached hydrogen (secondary N) is 1. The molecule has 1 aliphatic heterocycles. The molecule has 1 atom stereocenters. The fourth-order valence-corrected chi connectivity index (χ4v) is 3.62. The molecule has 1 amide bonds. The smallest absolute Gasteiger partial charge is 0.238 e. The minimum absolute atomic E-state index is 0.254. The number of nitrogens with zero attached hydrogens (tertiary/aromatic N) is 1. The number of benzene rings is 1. The van der Waals surface area contributed by atoms with Crippen LogP contribution in [0.3, 0.4) is 0 Å². The monoisotopic (exact) mass is 326 g/mol. The van der Waals surface area contributed by atoms with E-state index in [0.717, 1.165) is 17.6 Å². The van der Waals surface area contributed by atoms with E-state index in [1.54, 1.807) is 0 Å². The van der Waals surface area contributed by atoms with Crippen LogP contribution in [0.25, 0.3) is 0 Å². The summed E-state index contributed by atoms with van der Waals surface area (Å²) in [4.78, 5) is 12.1. The lowest BCUT2D eigenvalue weighted by molar-refractivity contribution is -0.124. The Morgan fingerprint density at radius 1 is 1.36 bits per heavy atom. The molecule has 0 aliphatic carbocycles. The SMILES string of the molecule is Cc1ccc(OCCNC(=O)[C@H]2CCCN2S(C)(=O)=O)cc1.